The van der Waals surface area contributed by atoms with Crippen molar-refractivity contribution in [2.45, 2.75) is 25.0 Å². The molecule has 0 aromatic heterocycles. The van der Waals surface area contributed by atoms with Crippen LogP contribution in [0.15, 0.2) is 42.5 Å². The third-order valence-corrected chi connectivity index (χ3v) is 4.41. The van der Waals surface area contributed by atoms with Gasteiger partial charge in [0.15, 0.2) is 0 Å². The topological polar surface area (TPSA) is 18.5 Å². The molecule has 2 aromatic carbocycles. The van der Waals surface area contributed by atoms with E-state index in [0.29, 0.717) is 6.61 Å². The van der Waals surface area contributed by atoms with E-state index in [1.54, 1.807) is 7.11 Å². The fourth-order valence-corrected chi connectivity index (χ4v) is 2.90. The van der Waals surface area contributed by atoms with E-state index in [2.05, 4.69) is 42.5 Å². The fourth-order valence-electron chi connectivity index (χ4n) is 2.62. The van der Waals surface area contributed by atoms with Gasteiger partial charge in [0.25, 0.3) is 0 Å². The van der Waals surface area contributed by atoms with Crippen LogP contribution in [0.3, 0.4) is 0 Å². The summed E-state index contributed by atoms with van der Waals surface area (Å²) in [6.45, 7) is 2.16. The molecule has 110 valence electrons. The molecular weight excluding hydrogens is 284 g/mol. The predicted octanol–water partition coefficient (Wildman–Crippen LogP) is 4.23. The van der Waals surface area contributed by atoms with Crippen molar-refractivity contribution in [3.05, 3.63) is 70.3 Å². The standard InChI is InChI=1S/C18H19ClO2/c1-20-9-8-13-2-4-14(5-3-13)18(19)15-6-7-16-11-21-12-17(16)10-15/h2-7,10,18H,8-9,11-12H2,1H3. The Bertz CT molecular complexity index is 607. The van der Waals surface area contributed by atoms with Gasteiger partial charge in [-0.3, -0.25) is 0 Å². The molecule has 0 aliphatic carbocycles. The summed E-state index contributed by atoms with van der Waals surface area (Å²) in [6, 6.07) is 14.8. The molecule has 0 bridgehead atoms. The first-order valence-corrected chi connectivity index (χ1v) is 7.63. The molecule has 2 aromatic rings. The van der Waals surface area contributed by atoms with Gasteiger partial charge in [-0.2, -0.15) is 0 Å². The van der Waals surface area contributed by atoms with E-state index in [1.165, 1.54) is 16.7 Å². The van der Waals surface area contributed by atoms with Crippen LogP contribution in [-0.4, -0.2) is 13.7 Å². The number of hydrogen-bond donors (Lipinski definition) is 0. The smallest absolute Gasteiger partial charge is 0.0835 e. The van der Waals surface area contributed by atoms with E-state index in [0.717, 1.165) is 30.8 Å². The van der Waals surface area contributed by atoms with Gasteiger partial charge in [0.05, 0.1) is 25.2 Å². The maximum absolute atomic E-state index is 6.62. The number of rotatable bonds is 5. The molecule has 1 unspecified atom stereocenters. The van der Waals surface area contributed by atoms with Crippen molar-refractivity contribution in [1.29, 1.82) is 0 Å². The normalized spacial score (nSPS) is 15.0. The molecule has 0 N–H and O–H groups in total. The Kier molecular flexibility index (Phi) is 4.59. The minimum atomic E-state index is -0.118. The van der Waals surface area contributed by atoms with Crippen LogP contribution in [-0.2, 0) is 29.1 Å². The Hall–Kier alpha value is -1.35. The highest BCUT2D eigenvalue weighted by Gasteiger charge is 2.16. The van der Waals surface area contributed by atoms with Gasteiger partial charge in [0.2, 0.25) is 0 Å². The number of ether oxygens (including phenoxy) is 2. The zero-order valence-electron chi connectivity index (χ0n) is 12.1. The van der Waals surface area contributed by atoms with Gasteiger partial charge < -0.3 is 9.47 Å². The van der Waals surface area contributed by atoms with E-state index in [-0.39, 0.29) is 5.38 Å². The highest BCUT2D eigenvalue weighted by Crippen LogP contribution is 2.32. The van der Waals surface area contributed by atoms with Crippen LogP contribution in [0.25, 0.3) is 0 Å². The first-order chi connectivity index (χ1) is 10.3. The van der Waals surface area contributed by atoms with E-state index in [9.17, 15) is 0 Å². The number of benzene rings is 2. The summed E-state index contributed by atoms with van der Waals surface area (Å²) in [7, 11) is 1.72. The van der Waals surface area contributed by atoms with Crippen molar-refractivity contribution in [3.63, 3.8) is 0 Å². The number of methoxy groups -OCH3 is 1. The number of hydrogen-bond acceptors (Lipinski definition) is 2. The molecule has 2 nitrogen and oxygen atoms in total. The second kappa shape index (κ2) is 6.61. The SMILES string of the molecule is COCCc1ccc(C(Cl)c2ccc3c(c2)COC3)cc1. The summed E-state index contributed by atoms with van der Waals surface area (Å²) < 4.78 is 10.6. The number of halogens is 1. The quantitative estimate of drug-likeness (QED) is 0.769. The van der Waals surface area contributed by atoms with Crippen LogP contribution >= 0.6 is 11.6 Å². The predicted molar refractivity (Wildman–Crippen MR) is 84.7 cm³/mol. The fraction of sp³-hybridized carbons (Fsp3) is 0.333. The third kappa shape index (κ3) is 3.29. The molecule has 3 rings (SSSR count). The van der Waals surface area contributed by atoms with Crippen molar-refractivity contribution in [2.24, 2.45) is 0 Å². The Morgan fingerprint density at radius 3 is 2.52 bits per heavy atom. The molecule has 0 spiro atoms. The summed E-state index contributed by atoms with van der Waals surface area (Å²) in [6.07, 6.45) is 0.930. The van der Waals surface area contributed by atoms with Crippen molar-refractivity contribution >= 4 is 11.6 Å². The largest absolute Gasteiger partial charge is 0.384 e. The summed E-state index contributed by atoms with van der Waals surface area (Å²) in [5.41, 5.74) is 6.06. The molecule has 0 radical (unpaired) electrons. The first-order valence-electron chi connectivity index (χ1n) is 7.19. The number of fused-ring (bicyclic) bond motifs is 1. The Morgan fingerprint density at radius 1 is 1.05 bits per heavy atom. The molecule has 1 aliphatic rings. The average molecular weight is 303 g/mol. The molecule has 1 heterocycles. The minimum absolute atomic E-state index is 0.118. The monoisotopic (exact) mass is 302 g/mol. The van der Waals surface area contributed by atoms with Crippen LogP contribution in [0, 0.1) is 0 Å². The van der Waals surface area contributed by atoms with Crippen LogP contribution < -0.4 is 0 Å². The van der Waals surface area contributed by atoms with Crippen LogP contribution in [0.2, 0.25) is 0 Å². The molecular formula is C18H19ClO2. The second-order valence-electron chi connectivity index (χ2n) is 5.37. The lowest BCUT2D eigenvalue weighted by atomic mass is 9.99. The lowest BCUT2D eigenvalue weighted by Crippen LogP contribution is -1.97. The van der Waals surface area contributed by atoms with E-state index >= 15 is 0 Å². The van der Waals surface area contributed by atoms with Crippen molar-refractivity contribution < 1.29 is 9.47 Å². The zero-order valence-corrected chi connectivity index (χ0v) is 12.9. The van der Waals surface area contributed by atoms with E-state index in [1.807, 2.05) is 0 Å². The van der Waals surface area contributed by atoms with Crippen molar-refractivity contribution in [1.82, 2.24) is 0 Å². The third-order valence-electron chi connectivity index (χ3n) is 3.91. The summed E-state index contributed by atoms with van der Waals surface area (Å²) in [5, 5.41) is -0.118. The van der Waals surface area contributed by atoms with Gasteiger partial charge in [0, 0.05) is 7.11 Å². The van der Waals surface area contributed by atoms with Crippen molar-refractivity contribution in [3.8, 4) is 0 Å². The van der Waals surface area contributed by atoms with Crippen LogP contribution in [0.4, 0.5) is 0 Å². The van der Waals surface area contributed by atoms with Crippen LogP contribution in [0.1, 0.15) is 33.2 Å². The van der Waals surface area contributed by atoms with Gasteiger partial charge in [-0.15, -0.1) is 11.6 Å². The van der Waals surface area contributed by atoms with Gasteiger partial charge in [-0.05, 0) is 34.2 Å². The maximum Gasteiger partial charge on any atom is 0.0835 e. The Balaban J connectivity index is 1.76. The molecule has 1 aliphatic heterocycles. The highest BCUT2D eigenvalue weighted by molar-refractivity contribution is 6.22. The number of alkyl halides is 1. The van der Waals surface area contributed by atoms with Gasteiger partial charge in [0.1, 0.15) is 0 Å². The van der Waals surface area contributed by atoms with Crippen molar-refractivity contribution in [2.75, 3.05) is 13.7 Å². The summed E-state index contributed by atoms with van der Waals surface area (Å²) >= 11 is 6.62. The lowest BCUT2D eigenvalue weighted by Gasteiger charge is -2.12. The molecule has 3 heteroatoms. The van der Waals surface area contributed by atoms with Gasteiger partial charge in [-0.1, -0.05) is 42.5 Å². The first kappa shape index (κ1) is 14.6. The van der Waals surface area contributed by atoms with E-state index in [4.69, 9.17) is 21.1 Å². The highest BCUT2D eigenvalue weighted by atomic mass is 35.5. The Labute approximate surface area is 130 Å². The molecule has 1 atom stereocenters. The van der Waals surface area contributed by atoms with E-state index < -0.39 is 0 Å². The second-order valence-corrected chi connectivity index (χ2v) is 5.80. The maximum atomic E-state index is 6.62. The molecule has 0 fully saturated rings. The lowest BCUT2D eigenvalue weighted by molar-refractivity contribution is 0.134. The zero-order chi connectivity index (χ0) is 14.7. The molecule has 0 saturated heterocycles. The average Bonchev–Trinajstić information content (AvgIpc) is 3.00. The van der Waals surface area contributed by atoms with Crippen LogP contribution in [0.5, 0.6) is 0 Å². The summed E-state index contributed by atoms with van der Waals surface area (Å²) in [5.74, 6) is 0. The molecule has 0 saturated carbocycles. The Morgan fingerprint density at radius 2 is 1.76 bits per heavy atom. The molecule has 21 heavy (non-hydrogen) atoms. The van der Waals surface area contributed by atoms with Gasteiger partial charge in [-0.25, -0.2) is 0 Å². The molecule has 0 amide bonds. The minimum Gasteiger partial charge on any atom is -0.384 e. The van der Waals surface area contributed by atoms with Gasteiger partial charge >= 0.3 is 0 Å². The summed E-state index contributed by atoms with van der Waals surface area (Å²) in [4.78, 5) is 0.